The van der Waals surface area contributed by atoms with E-state index >= 15 is 0 Å². The highest BCUT2D eigenvalue weighted by Gasteiger charge is 2.28. The molecule has 2 aromatic carbocycles. The minimum absolute atomic E-state index is 0.0962. The molecule has 0 spiro atoms. The van der Waals surface area contributed by atoms with Crippen LogP contribution in [-0.4, -0.2) is 45.9 Å². The molecule has 0 saturated carbocycles. The molecule has 7 heteroatoms. The molecular formula is C28H40N2O2S3. The van der Waals surface area contributed by atoms with Crippen LogP contribution < -0.4 is 10.6 Å². The van der Waals surface area contributed by atoms with Crippen molar-refractivity contribution in [2.24, 2.45) is 0 Å². The van der Waals surface area contributed by atoms with Crippen LogP contribution in [0, 0.1) is 0 Å². The first kappa shape index (κ1) is 29.7. The minimum atomic E-state index is -0.450. The van der Waals surface area contributed by atoms with Crippen LogP contribution in [0.15, 0.2) is 60.7 Å². The van der Waals surface area contributed by atoms with Gasteiger partial charge in [-0.15, -0.1) is 23.5 Å². The van der Waals surface area contributed by atoms with Crippen LogP contribution in [0.4, 0.5) is 0 Å². The normalized spacial score (nSPS) is 11.8. The van der Waals surface area contributed by atoms with E-state index in [9.17, 15) is 9.59 Å². The lowest BCUT2D eigenvalue weighted by Gasteiger charge is -2.23. The van der Waals surface area contributed by atoms with E-state index in [0.717, 1.165) is 35.9 Å². The maximum Gasteiger partial charge on any atom is 0.235 e. The first-order valence-corrected chi connectivity index (χ1v) is 15.3. The van der Waals surface area contributed by atoms with Crippen LogP contribution in [0.3, 0.4) is 0 Å². The quantitative estimate of drug-likeness (QED) is 0.254. The molecule has 2 aromatic rings. The largest absolute Gasteiger partial charge is 0.355 e. The third-order valence-corrected chi connectivity index (χ3v) is 9.40. The maximum absolute atomic E-state index is 12.6. The van der Waals surface area contributed by atoms with Gasteiger partial charge in [-0.25, -0.2) is 0 Å². The lowest BCUT2D eigenvalue weighted by atomic mass is 10.2. The van der Waals surface area contributed by atoms with Crippen LogP contribution >= 0.6 is 35.3 Å². The summed E-state index contributed by atoms with van der Waals surface area (Å²) in [4.78, 5) is 25.1. The van der Waals surface area contributed by atoms with Gasteiger partial charge in [-0.3, -0.25) is 9.59 Å². The molecule has 4 nitrogen and oxygen atoms in total. The van der Waals surface area contributed by atoms with E-state index in [4.69, 9.17) is 0 Å². The first-order chi connectivity index (χ1) is 16.7. The Labute approximate surface area is 224 Å². The fourth-order valence-electron chi connectivity index (χ4n) is 3.09. The number of nitrogens with one attached hydrogen (secondary N) is 2. The van der Waals surface area contributed by atoms with Crippen molar-refractivity contribution in [1.29, 1.82) is 0 Å². The van der Waals surface area contributed by atoms with Crippen LogP contribution in [0.1, 0.15) is 51.7 Å². The molecule has 0 aliphatic heterocycles. The number of benzene rings is 2. The second-order valence-corrected chi connectivity index (χ2v) is 13.8. The van der Waals surface area contributed by atoms with Gasteiger partial charge in [0, 0.05) is 24.6 Å². The molecule has 0 radical (unpaired) electrons. The molecule has 192 valence electrons. The second kappa shape index (κ2) is 15.5. The van der Waals surface area contributed by atoms with Gasteiger partial charge >= 0.3 is 0 Å². The molecule has 0 saturated heterocycles. The third-order valence-electron chi connectivity index (χ3n) is 5.48. The van der Waals surface area contributed by atoms with Crippen molar-refractivity contribution >= 4 is 47.1 Å². The summed E-state index contributed by atoms with van der Waals surface area (Å²) in [5, 5.41) is 6.17. The van der Waals surface area contributed by atoms with Crippen LogP contribution in [0.5, 0.6) is 0 Å². The van der Waals surface area contributed by atoms with Gasteiger partial charge in [0.1, 0.15) is 0 Å². The van der Waals surface area contributed by atoms with Crippen LogP contribution in [-0.2, 0) is 21.1 Å². The highest BCUT2D eigenvalue weighted by Crippen LogP contribution is 2.29. The molecule has 2 rings (SSSR count). The van der Waals surface area contributed by atoms with Crippen molar-refractivity contribution in [2.45, 2.75) is 61.5 Å². The molecular weight excluding hydrogens is 493 g/mol. The van der Waals surface area contributed by atoms with Gasteiger partial charge < -0.3 is 10.6 Å². The molecule has 2 amide bonds. The van der Waals surface area contributed by atoms with Gasteiger partial charge in [0.25, 0.3) is 0 Å². The number of hydrogen-bond acceptors (Lipinski definition) is 5. The van der Waals surface area contributed by atoms with E-state index in [-0.39, 0.29) is 11.8 Å². The maximum atomic E-state index is 12.6. The molecule has 0 atom stereocenters. The van der Waals surface area contributed by atoms with Gasteiger partial charge in [0.05, 0.1) is 9.49 Å². The molecule has 0 fully saturated rings. The van der Waals surface area contributed by atoms with E-state index < -0.39 is 9.49 Å². The standard InChI is InChI=1S/C28H40N2O2S3/c1-27(2,34-21-23-13-7-5-8-14-23)25(31)29-17-11-19-33-20-12-18-30-26(32)28(3,4)35-22-24-15-9-6-10-16-24/h5-10,13-16H,11-12,17-22H2,1-4H3,(H,29,31)(H,30,32). The van der Waals surface area contributed by atoms with E-state index in [0.29, 0.717) is 13.1 Å². The SMILES string of the molecule is CC(C)(SCc1ccccc1)C(=O)NCCCSCCCNC(=O)C(C)(C)SCc1ccccc1. The topological polar surface area (TPSA) is 58.2 Å². The number of carbonyl (C=O) groups is 2. The van der Waals surface area contributed by atoms with Crippen LogP contribution in [0.2, 0.25) is 0 Å². The van der Waals surface area contributed by atoms with Crippen molar-refractivity contribution in [1.82, 2.24) is 10.6 Å². The van der Waals surface area contributed by atoms with E-state index in [1.54, 1.807) is 23.5 Å². The number of carbonyl (C=O) groups excluding carboxylic acids is 2. The highest BCUT2D eigenvalue weighted by atomic mass is 32.2. The van der Waals surface area contributed by atoms with Gasteiger partial charge in [-0.2, -0.15) is 11.8 Å². The fraction of sp³-hybridized carbons (Fsp3) is 0.500. The number of hydrogen-bond donors (Lipinski definition) is 2. The third kappa shape index (κ3) is 11.8. The summed E-state index contributed by atoms with van der Waals surface area (Å²) in [5.74, 6) is 3.86. The lowest BCUT2D eigenvalue weighted by molar-refractivity contribution is -0.123. The van der Waals surface area contributed by atoms with Crippen LogP contribution in [0.25, 0.3) is 0 Å². The van der Waals surface area contributed by atoms with Crippen molar-refractivity contribution in [3.63, 3.8) is 0 Å². The summed E-state index contributed by atoms with van der Waals surface area (Å²) in [5.41, 5.74) is 2.47. The molecule has 0 unspecified atom stereocenters. The van der Waals surface area contributed by atoms with Gasteiger partial charge in [0.2, 0.25) is 11.8 Å². The Balaban J connectivity index is 1.49. The monoisotopic (exact) mass is 532 g/mol. The van der Waals surface area contributed by atoms with E-state index in [1.165, 1.54) is 11.1 Å². The minimum Gasteiger partial charge on any atom is -0.355 e. The van der Waals surface area contributed by atoms with E-state index in [2.05, 4.69) is 34.9 Å². The molecule has 0 aromatic heterocycles. The molecule has 2 N–H and O–H groups in total. The number of rotatable bonds is 16. The molecule has 0 heterocycles. The predicted octanol–water partition coefficient (Wildman–Crippen LogP) is 6.16. The predicted molar refractivity (Wildman–Crippen MR) is 156 cm³/mol. The average molecular weight is 533 g/mol. The smallest absolute Gasteiger partial charge is 0.235 e. The lowest BCUT2D eigenvalue weighted by Crippen LogP contribution is -2.40. The van der Waals surface area contributed by atoms with E-state index in [1.807, 2.05) is 75.9 Å². The van der Waals surface area contributed by atoms with Gasteiger partial charge in [-0.05, 0) is 63.2 Å². The molecule has 35 heavy (non-hydrogen) atoms. The zero-order chi connectivity index (χ0) is 25.6. The van der Waals surface area contributed by atoms with Gasteiger partial charge in [-0.1, -0.05) is 60.7 Å². The second-order valence-electron chi connectivity index (χ2n) is 9.40. The highest BCUT2D eigenvalue weighted by molar-refractivity contribution is 8.00. The number of amides is 2. The first-order valence-electron chi connectivity index (χ1n) is 12.2. The molecule has 0 aliphatic carbocycles. The summed E-state index contributed by atoms with van der Waals surface area (Å²) in [6, 6.07) is 20.5. The fourth-order valence-corrected chi connectivity index (χ4v) is 5.83. The number of thioether (sulfide) groups is 3. The summed E-state index contributed by atoms with van der Waals surface area (Å²) < 4.78 is -0.900. The Kier molecular flexibility index (Phi) is 13.2. The zero-order valence-electron chi connectivity index (χ0n) is 21.5. The summed E-state index contributed by atoms with van der Waals surface area (Å²) >= 11 is 5.21. The Morgan fingerprint density at radius 1 is 0.657 bits per heavy atom. The molecule has 0 aliphatic rings. The Morgan fingerprint density at radius 3 is 1.40 bits per heavy atom. The van der Waals surface area contributed by atoms with Crippen molar-refractivity contribution < 1.29 is 9.59 Å². The summed E-state index contributed by atoms with van der Waals surface area (Å²) in [6.07, 6.45) is 1.90. The summed E-state index contributed by atoms with van der Waals surface area (Å²) in [7, 11) is 0. The van der Waals surface area contributed by atoms with Crippen molar-refractivity contribution in [3.8, 4) is 0 Å². The van der Waals surface area contributed by atoms with Gasteiger partial charge in [0.15, 0.2) is 0 Å². The average Bonchev–Trinajstić information content (AvgIpc) is 2.86. The van der Waals surface area contributed by atoms with Crippen molar-refractivity contribution in [2.75, 3.05) is 24.6 Å². The Hall–Kier alpha value is -1.57. The zero-order valence-corrected chi connectivity index (χ0v) is 23.9. The van der Waals surface area contributed by atoms with Crippen molar-refractivity contribution in [3.05, 3.63) is 71.8 Å². The summed E-state index contributed by atoms with van der Waals surface area (Å²) in [6.45, 7) is 9.34. The molecule has 0 bridgehead atoms. The Bertz CT molecular complexity index is 816. The Morgan fingerprint density at radius 2 is 1.03 bits per heavy atom.